The number of aliphatic hydroxyl groups is 1. The van der Waals surface area contributed by atoms with E-state index in [-0.39, 0.29) is 10.8 Å². The highest BCUT2D eigenvalue weighted by molar-refractivity contribution is 6.49. The normalized spacial score (nSPS) is 13.8. The molecule has 1 rings (SSSR count). The molecule has 0 fully saturated rings. The highest BCUT2D eigenvalue weighted by atomic mass is 28.3. The minimum Gasteiger partial charge on any atom is -0.547 e. The predicted octanol–water partition coefficient (Wildman–Crippen LogP) is 4.45. The maximum atomic E-state index is 11.1. The quantitative estimate of drug-likeness (QED) is 0.366. The second-order valence-corrected chi connectivity index (χ2v) is 15.0. The van der Waals surface area contributed by atoms with Gasteiger partial charge >= 0.3 is 0 Å². The van der Waals surface area contributed by atoms with Gasteiger partial charge in [-0.25, -0.2) is 0 Å². The number of nitrogens with zero attached hydrogens (tertiary/aromatic N) is 1. The number of aliphatic hydroxyl groups excluding tert-OH is 1. The van der Waals surface area contributed by atoms with Crippen LogP contribution in [0, 0.1) is 10.1 Å². The van der Waals surface area contributed by atoms with Gasteiger partial charge in [-0.15, -0.1) is 0 Å². The molecule has 1 atom stereocenters. The first-order valence-electron chi connectivity index (χ1n) is 10.3. The van der Waals surface area contributed by atoms with Gasteiger partial charge in [-0.2, -0.15) is 0 Å². The molecule has 0 heterocycles. The number of benzene rings is 1. The molecule has 0 saturated carbocycles. The first-order chi connectivity index (χ1) is 13.1. The zero-order valence-corrected chi connectivity index (χ0v) is 22.1. The fourth-order valence-electron chi connectivity index (χ4n) is 3.58. The minimum atomic E-state index is -1.44. The van der Waals surface area contributed by atoms with Crippen molar-refractivity contribution >= 4 is 18.1 Å². The second kappa shape index (κ2) is 9.72. The summed E-state index contributed by atoms with van der Waals surface area (Å²) in [5, 5.41) is 21.9. The second-order valence-electron chi connectivity index (χ2n) is 10.2. The van der Waals surface area contributed by atoms with E-state index >= 15 is 0 Å². The lowest BCUT2D eigenvalue weighted by Crippen LogP contribution is -2.29. The van der Waals surface area contributed by atoms with Crippen LogP contribution in [0.3, 0.4) is 0 Å². The van der Waals surface area contributed by atoms with Crippen molar-refractivity contribution in [1.82, 2.24) is 0 Å². The molecule has 0 amide bonds. The van der Waals surface area contributed by atoms with Gasteiger partial charge in [0.25, 0.3) is 0 Å². The lowest BCUT2D eigenvalue weighted by atomic mass is 9.71. The first kappa shape index (κ1) is 25.8. The minimum absolute atomic E-state index is 0.197. The Morgan fingerprint density at radius 3 is 1.93 bits per heavy atom. The molecule has 0 spiro atoms. The third-order valence-electron chi connectivity index (χ3n) is 4.54. The molecule has 166 valence electrons. The molecule has 6 nitrogen and oxygen atoms in total. The van der Waals surface area contributed by atoms with Crippen LogP contribution < -0.4 is 4.43 Å². The lowest BCUT2D eigenvalue weighted by molar-refractivity contribution is -0.491. The van der Waals surface area contributed by atoms with Crippen LogP contribution in [0.15, 0.2) is 6.07 Å². The fourth-order valence-corrected chi connectivity index (χ4v) is 4.77. The molecule has 29 heavy (non-hydrogen) atoms. The molecule has 8 heteroatoms. The summed E-state index contributed by atoms with van der Waals surface area (Å²) >= 11 is 0. The highest BCUT2D eigenvalue weighted by Crippen LogP contribution is 2.45. The standard InChI is InChI=1S/C21H39NO5Si2/c1-20(2,3)18-15(13-26-28(7)8)14(16(23)12-22(24)25)11-17(27-29(9)10)19(18)21(4,5)6/h11,16,23,28-29H,12-13H2,1-10H3. The summed E-state index contributed by atoms with van der Waals surface area (Å²) in [5.74, 6) is 0.743. The molecular formula is C21H39NO5Si2. The largest absolute Gasteiger partial charge is 0.547 e. The Kier molecular flexibility index (Phi) is 8.65. The van der Waals surface area contributed by atoms with E-state index in [1.54, 1.807) is 0 Å². The average molecular weight is 442 g/mol. The van der Waals surface area contributed by atoms with E-state index in [2.05, 4.69) is 67.7 Å². The molecule has 1 unspecified atom stereocenters. The molecule has 0 aromatic heterocycles. The Morgan fingerprint density at radius 1 is 1.03 bits per heavy atom. The van der Waals surface area contributed by atoms with Gasteiger partial charge in [0.05, 0.1) is 6.61 Å². The zero-order valence-electron chi connectivity index (χ0n) is 19.8. The summed E-state index contributed by atoms with van der Waals surface area (Å²) in [5.41, 5.74) is 3.16. The lowest BCUT2D eigenvalue weighted by Gasteiger charge is -2.36. The van der Waals surface area contributed by atoms with E-state index in [4.69, 9.17) is 8.85 Å². The van der Waals surface area contributed by atoms with Gasteiger partial charge in [0, 0.05) is 10.5 Å². The van der Waals surface area contributed by atoms with Crippen molar-refractivity contribution in [3.8, 4) is 5.75 Å². The van der Waals surface area contributed by atoms with Gasteiger partial charge in [-0.3, -0.25) is 10.1 Å². The molecule has 0 radical (unpaired) electrons. The van der Waals surface area contributed by atoms with Gasteiger partial charge in [-0.1, -0.05) is 41.5 Å². The smallest absolute Gasteiger partial charge is 0.233 e. The van der Waals surface area contributed by atoms with E-state index in [1.807, 2.05) is 6.07 Å². The number of nitro groups is 1. The van der Waals surface area contributed by atoms with Crippen molar-refractivity contribution in [2.75, 3.05) is 6.54 Å². The van der Waals surface area contributed by atoms with E-state index in [9.17, 15) is 15.2 Å². The first-order valence-corrected chi connectivity index (χ1v) is 15.9. The van der Waals surface area contributed by atoms with E-state index in [1.165, 1.54) is 0 Å². The van der Waals surface area contributed by atoms with E-state index < -0.39 is 35.7 Å². The highest BCUT2D eigenvalue weighted by Gasteiger charge is 2.35. The molecule has 0 bridgehead atoms. The molecule has 0 aliphatic rings. The van der Waals surface area contributed by atoms with Crippen LogP contribution in [0.25, 0.3) is 0 Å². The molecule has 0 aliphatic heterocycles. The zero-order chi connectivity index (χ0) is 22.7. The maximum Gasteiger partial charge on any atom is 0.233 e. The van der Waals surface area contributed by atoms with Gasteiger partial charge in [-0.05, 0) is 59.8 Å². The Bertz CT molecular complexity index is 721. The molecule has 0 aliphatic carbocycles. The van der Waals surface area contributed by atoms with Crippen molar-refractivity contribution in [3.63, 3.8) is 0 Å². The molecule has 0 saturated heterocycles. The van der Waals surface area contributed by atoms with Crippen molar-refractivity contribution < 1.29 is 18.9 Å². The summed E-state index contributed by atoms with van der Waals surface area (Å²) in [6.45, 7) is 21.1. The Hall–Kier alpha value is -1.23. The topological polar surface area (TPSA) is 81.8 Å². The summed E-state index contributed by atoms with van der Waals surface area (Å²) in [6, 6.07) is 1.83. The van der Waals surface area contributed by atoms with Crippen LogP contribution in [-0.4, -0.2) is 34.7 Å². The summed E-state index contributed by atoms with van der Waals surface area (Å²) in [7, 11) is -2.77. The van der Waals surface area contributed by atoms with E-state index in [0.29, 0.717) is 12.2 Å². The third-order valence-corrected chi connectivity index (χ3v) is 6.10. The van der Waals surface area contributed by atoms with Gasteiger partial charge in [0.1, 0.15) is 11.9 Å². The van der Waals surface area contributed by atoms with Gasteiger partial charge in [0.15, 0.2) is 9.04 Å². The van der Waals surface area contributed by atoms with Crippen LogP contribution in [0.1, 0.15) is 69.9 Å². The number of hydrogen-bond donors (Lipinski definition) is 1. The Balaban J connectivity index is 3.97. The molecular weight excluding hydrogens is 402 g/mol. The van der Waals surface area contributed by atoms with Crippen molar-refractivity contribution in [2.24, 2.45) is 0 Å². The van der Waals surface area contributed by atoms with Crippen molar-refractivity contribution in [1.29, 1.82) is 0 Å². The monoisotopic (exact) mass is 441 g/mol. The van der Waals surface area contributed by atoms with Crippen LogP contribution in [-0.2, 0) is 21.9 Å². The molecule has 1 aromatic carbocycles. The SMILES string of the molecule is C[SiH](C)OCc1c(C(O)C[N+](=O)[O-])cc(O[SiH](C)C)c(C(C)(C)C)c1C(C)(C)C. The Morgan fingerprint density at radius 2 is 1.55 bits per heavy atom. The van der Waals surface area contributed by atoms with Crippen LogP contribution in [0.5, 0.6) is 5.75 Å². The summed E-state index contributed by atoms with van der Waals surface area (Å²) in [6.07, 6.45) is -1.20. The predicted molar refractivity (Wildman–Crippen MR) is 124 cm³/mol. The number of rotatable bonds is 8. The molecule has 1 N–H and O–H groups in total. The van der Waals surface area contributed by atoms with Gasteiger partial charge < -0.3 is 14.0 Å². The summed E-state index contributed by atoms with van der Waals surface area (Å²) < 4.78 is 12.4. The van der Waals surface area contributed by atoms with Gasteiger partial charge in [0.2, 0.25) is 15.6 Å². The fraction of sp³-hybridized carbons (Fsp3) is 0.714. The van der Waals surface area contributed by atoms with Crippen molar-refractivity contribution in [2.45, 2.75) is 91.3 Å². The van der Waals surface area contributed by atoms with Crippen molar-refractivity contribution in [3.05, 3.63) is 38.4 Å². The molecule has 1 aromatic rings. The summed E-state index contributed by atoms with van der Waals surface area (Å²) in [4.78, 5) is 10.7. The number of hydrogen-bond acceptors (Lipinski definition) is 5. The van der Waals surface area contributed by atoms with Crippen LogP contribution in [0.4, 0.5) is 0 Å². The van der Waals surface area contributed by atoms with Crippen LogP contribution in [0.2, 0.25) is 26.2 Å². The Labute approximate surface area is 179 Å². The van der Waals surface area contributed by atoms with E-state index in [0.717, 1.165) is 22.4 Å². The average Bonchev–Trinajstić information content (AvgIpc) is 2.48. The van der Waals surface area contributed by atoms with Crippen LogP contribution >= 0.6 is 0 Å². The third kappa shape index (κ3) is 7.20. The maximum absolute atomic E-state index is 11.1.